The van der Waals surface area contributed by atoms with Gasteiger partial charge in [-0.25, -0.2) is 4.98 Å². The number of methoxy groups -OCH3 is 1. The molecule has 0 amide bonds. The van der Waals surface area contributed by atoms with Crippen LogP contribution in [-0.4, -0.2) is 21.7 Å². The van der Waals surface area contributed by atoms with Crippen LogP contribution in [0, 0.1) is 0 Å². The number of nitrogens with zero attached hydrogens (tertiary/aromatic N) is 2. The summed E-state index contributed by atoms with van der Waals surface area (Å²) in [5.74, 6) is 0.0291. The summed E-state index contributed by atoms with van der Waals surface area (Å²) in [6.45, 7) is 2.05. The van der Waals surface area contributed by atoms with Gasteiger partial charge in [-0.3, -0.25) is 0 Å². The Morgan fingerprint density at radius 2 is 2.00 bits per heavy atom. The molecule has 9 heteroatoms. The first-order chi connectivity index (χ1) is 11.0. The first-order valence-corrected chi connectivity index (χ1v) is 10.0. The first kappa shape index (κ1) is 21.0. The molecule has 1 heterocycles. The normalized spacial score (nSPS) is 13.0. The van der Waals surface area contributed by atoms with Gasteiger partial charge >= 0.3 is 33.3 Å². The van der Waals surface area contributed by atoms with Crippen LogP contribution in [0.5, 0.6) is 0 Å². The Morgan fingerprint density at radius 1 is 1.35 bits per heavy atom. The molecule has 0 aliphatic heterocycles. The standard InChI is InChI=1S/C14H14Cl2N2OS.2ClH.Cu/c1-9(11-4-3-10(15)7-12(11)16)13(14(20)19-2)18-6-5-17-8-18;;;/h3-9,13H,1-2H3;2*1H;/q;;;+2/p-2. The predicted molar refractivity (Wildman–Crippen MR) is 97.5 cm³/mol. The number of halogens is 4. The molecule has 2 rings (SSSR count). The third-order valence-corrected chi connectivity index (χ3v) is 4.19. The molecule has 1 aromatic heterocycles. The molecule has 0 fully saturated rings. The monoisotopic (exact) mass is 461 g/mol. The molecule has 3 nitrogen and oxygen atoms in total. The van der Waals surface area contributed by atoms with Gasteiger partial charge in [0.2, 0.25) is 0 Å². The zero-order valence-corrected chi connectivity index (χ0v) is 16.9. The van der Waals surface area contributed by atoms with Gasteiger partial charge < -0.3 is 9.30 Å². The summed E-state index contributed by atoms with van der Waals surface area (Å²) < 4.78 is 7.17. The van der Waals surface area contributed by atoms with Crippen molar-refractivity contribution >= 4 is 60.7 Å². The van der Waals surface area contributed by atoms with Crippen LogP contribution in [-0.2, 0) is 17.9 Å². The predicted octanol–water partition coefficient (Wildman–Crippen LogP) is 5.89. The van der Waals surface area contributed by atoms with E-state index < -0.39 is 0 Å². The van der Waals surface area contributed by atoms with E-state index in [2.05, 4.69) is 25.2 Å². The Balaban J connectivity index is 0.000000816. The number of hydrogen-bond donors (Lipinski definition) is 0. The van der Waals surface area contributed by atoms with Gasteiger partial charge in [-0.05, 0) is 29.9 Å². The third kappa shape index (κ3) is 6.09. The van der Waals surface area contributed by atoms with Crippen molar-refractivity contribution in [2.24, 2.45) is 0 Å². The molecule has 0 saturated heterocycles. The van der Waals surface area contributed by atoms with Gasteiger partial charge in [-0.1, -0.05) is 36.2 Å². The van der Waals surface area contributed by atoms with E-state index in [1.54, 1.807) is 25.7 Å². The summed E-state index contributed by atoms with van der Waals surface area (Å²) in [6, 6.07) is 5.31. The van der Waals surface area contributed by atoms with Crippen molar-refractivity contribution in [2.45, 2.75) is 18.9 Å². The van der Waals surface area contributed by atoms with E-state index in [1.165, 1.54) is 0 Å². The molecular formula is C14H14Cl4CuN2OS. The molecule has 0 spiro atoms. The molecule has 23 heavy (non-hydrogen) atoms. The summed E-state index contributed by atoms with van der Waals surface area (Å²) in [7, 11) is 10.9. The Hall–Kier alpha value is -0.000519. The minimum atomic E-state index is -0.156. The van der Waals surface area contributed by atoms with Crippen LogP contribution < -0.4 is 0 Å². The first-order valence-electron chi connectivity index (χ1n) is 6.27. The van der Waals surface area contributed by atoms with Gasteiger partial charge in [0.25, 0.3) is 0 Å². The van der Waals surface area contributed by atoms with E-state index in [1.807, 2.05) is 29.8 Å². The van der Waals surface area contributed by atoms with Gasteiger partial charge in [0.1, 0.15) is 6.04 Å². The number of ether oxygens (including phenoxy) is 1. The second-order valence-electron chi connectivity index (χ2n) is 4.48. The number of benzene rings is 1. The van der Waals surface area contributed by atoms with E-state index >= 15 is 0 Å². The van der Waals surface area contributed by atoms with Crippen LogP contribution in [0.25, 0.3) is 0 Å². The Kier molecular flexibility index (Phi) is 9.86. The molecule has 1 aromatic carbocycles. The summed E-state index contributed by atoms with van der Waals surface area (Å²) in [6.07, 6.45) is 5.29. The molecular weight excluding hydrogens is 450 g/mol. The van der Waals surface area contributed by atoms with E-state index in [4.69, 9.17) is 40.2 Å². The molecule has 131 valence electrons. The fourth-order valence-corrected chi connectivity index (χ4v) is 3.09. The van der Waals surface area contributed by atoms with Crippen molar-refractivity contribution < 1.29 is 17.9 Å². The number of imidazole rings is 1. The van der Waals surface area contributed by atoms with Crippen LogP contribution >= 0.6 is 55.6 Å². The third-order valence-electron chi connectivity index (χ3n) is 3.22. The van der Waals surface area contributed by atoms with E-state index in [9.17, 15) is 0 Å². The number of hydrogen-bond acceptors (Lipinski definition) is 3. The second kappa shape index (κ2) is 10.8. The van der Waals surface area contributed by atoms with Crippen molar-refractivity contribution in [3.8, 4) is 0 Å². The summed E-state index contributed by atoms with van der Waals surface area (Å²) in [5.41, 5.74) is 0.967. The van der Waals surface area contributed by atoms with Crippen LogP contribution in [0.3, 0.4) is 0 Å². The molecule has 2 atom stereocenters. The second-order valence-corrected chi connectivity index (χ2v) is 7.28. The summed E-state index contributed by atoms with van der Waals surface area (Å²) in [5, 5.41) is 1.72. The van der Waals surface area contributed by atoms with E-state index in [0.29, 0.717) is 15.1 Å². The maximum atomic E-state index is 6.28. The molecule has 2 aromatic rings. The van der Waals surface area contributed by atoms with Gasteiger partial charge in [0.05, 0.1) is 13.4 Å². The van der Waals surface area contributed by atoms with Crippen LogP contribution in [0.1, 0.15) is 24.4 Å². The topological polar surface area (TPSA) is 27.1 Å². The van der Waals surface area contributed by atoms with Crippen molar-refractivity contribution in [1.82, 2.24) is 9.55 Å². The van der Waals surface area contributed by atoms with Crippen LogP contribution in [0.4, 0.5) is 0 Å². The van der Waals surface area contributed by atoms with Crippen LogP contribution in [0.2, 0.25) is 10.0 Å². The van der Waals surface area contributed by atoms with Gasteiger partial charge in [-0.15, -0.1) is 0 Å². The molecule has 0 saturated carbocycles. The van der Waals surface area contributed by atoms with Gasteiger partial charge in [0.15, 0.2) is 5.05 Å². The van der Waals surface area contributed by atoms with Gasteiger partial charge in [-0.2, -0.15) is 0 Å². The average molecular weight is 464 g/mol. The number of aromatic nitrogens is 2. The quantitative estimate of drug-likeness (QED) is 0.418. The zero-order valence-electron chi connectivity index (χ0n) is 12.1. The fourth-order valence-electron chi connectivity index (χ4n) is 2.18. The summed E-state index contributed by atoms with van der Waals surface area (Å²) in [4.78, 5) is 4.07. The van der Waals surface area contributed by atoms with Crippen molar-refractivity contribution in [1.29, 1.82) is 0 Å². The SMILES string of the molecule is COC(=S)C(C(C)c1ccc(Cl)cc1Cl)n1ccnc1.[Cl][Cu][Cl]. The molecule has 0 radical (unpaired) electrons. The number of rotatable bonds is 4. The van der Waals surface area contributed by atoms with E-state index in [-0.39, 0.29) is 12.0 Å². The van der Waals surface area contributed by atoms with Crippen molar-refractivity contribution in [3.63, 3.8) is 0 Å². The average Bonchev–Trinajstić information content (AvgIpc) is 3.01. The minimum absolute atomic E-state index is 0.0291. The van der Waals surface area contributed by atoms with Crippen molar-refractivity contribution in [3.05, 3.63) is 52.5 Å². The molecule has 2 unspecified atom stereocenters. The number of thiocarbonyl (C=S) groups is 1. The molecule has 0 bridgehead atoms. The Bertz CT molecular complexity index is 627. The zero-order chi connectivity index (χ0) is 17.4. The summed E-state index contributed by atoms with van der Waals surface area (Å²) >= 11 is 18.3. The fraction of sp³-hybridized carbons (Fsp3) is 0.286. The molecule has 0 N–H and O–H groups in total. The van der Waals surface area contributed by atoms with Crippen molar-refractivity contribution in [2.75, 3.05) is 7.11 Å². The van der Waals surface area contributed by atoms with E-state index in [0.717, 1.165) is 18.7 Å². The van der Waals surface area contributed by atoms with Crippen LogP contribution in [0.15, 0.2) is 36.9 Å². The molecule has 0 aliphatic rings. The molecule has 0 aliphatic carbocycles. The maximum absolute atomic E-state index is 6.28. The Labute approximate surface area is 165 Å². The van der Waals surface area contributed by atoms with Gasteiger partial charge in [0, 0.05) is 28.4 Å². The Morgan fingerprint density at radius 3 is 2.48 bits per heavy atom.